The summed E-state index contributed by atoms with van der Waals surface area (Å²) in [5.74, 6) is 1.24. The molecule has 0 aliphatic rings. The highest BCUT2D eigenvalue weighted by atomic mass is 16.1. The van der Waals surface area contributed by atoms with Crippen molar-refractivity contribution in [3.05, 3.63) is 0 Å². The first-order chi connectivity index (χ1) is 4.18. The lowest BCUT2D eigenvalue weighted by atomic mass is 9.97. The van der Waals surface area contributed by atoms with E-state index < -0.39 is 11.9 Å². The van der Waals surface area contributed by atoms with E-state index in [9.17, 15) is 4.79 Å². The number of carbonyl (C=O) groups excluding carboxylic acids is 1. The Morgan fingerprint density at radius 3 is 2.89 bits per heavy atom. The first-order valence-corrected chi connectivity index (χ1v) is 2.45. The predicted octanol–water partition coefficient (Wildman–Crippen LogP) is -1.45. The van der Waals surface area contributed by atoms with Crippen LogP contribution in [0.5, 0.6) is 0 Å². The molecule has 4 nitrogen and oxygen atoms in total. The molecule has 48 valence electrons. The summed E-state index contributed by atoms with van der Waals surface area (Å²) in [6, 6.07) is -0.468. The van der Waals surface area contributed by atoms with Crippen molar-refractivity contribution in [1.29, 1.82) is 5.26 Å². The van der Waals surface area contributed by atoms with Gasteiger partial charge in [0, 0.05) is 6.04 Å². The quantitative estimate of drug-likeness (QED) is 0.451. The maximum Gasteiger partial charge on any atom is 0.230 e. The van der Waals surface area contributed by atoms with Crippen LogP contribution in [0.4, 0.5) is 0 Å². The Kier molecular flexibility index (Phi) is 3.48. The van der Waals surface area contributed by atoms with Gasteiger partial charge in [-0.3, -0.25) is 10.1 Å². The fraction of sp³-hybridized carbons (Fsp3) is 0.500. The Morgan fingerprint density at radius 1 is 2.00 bits per heavy atom. The molecule has 0 saturated heterocycles. The lowest BCUT2D eigenvalue weighted by Gasteiger charge is -2.14. The summed E-state index contributed by atoms with van der Waals surface area (Å²) in [4.78, 5) is 10.2. The van der Waals surface area contributed by atoms with Crippen molar-refractivity contribution in [2.24, 2.45) is 5.73 Å². The van der Waals surface area contributed by atoms with Gasteiger partial charge < -0.3 is 11.0 Å². The van der Waals surface area contributed by atoms with Crippen LogP contribution in [-0.2, 0) is 4.79 Å². The lowest BCUT2D eigenvalue weighted by molar-refractivity contribution is -0.119. The van der Waals surface area contributed by atoms with Crippen LogP contribution >= 0.6 is 0 Å². The monoisotopic (exact) mass is 124 g/mol. The highest BCUT2D eigenvalue weighted by Crippen LogP contribution is 1.73. The SMILES string of the molecule is C[C@H](N[B-]C#N)C(N)=O. The van der Waals surface area contributed by atoms with Gasteiger partial charge in [0.1, 0.15) is 0 Å². The van der Waals surface area contributed by atoms with E-state index in [-0.39, 0.29) is 0 Å². The minimum Gasteiger partial charge on any atom is -0.528 e. The molecule has 3 N–H and O–H groups in total. The van der Waals surface area contributed by atoms with Crippen LogP contribution in [0.3, 0.4) is 0 Å². The Bertz CT molecular complexity index is 141. The molecule has 0 rings (SSSR count). The maximum atomic E-state index is 10.2. The summed E-state index contributed by atoms with van der Waals surface area (Å²) in [7, 11) is 1.12. The van der Waals surface area contributed by atoms with Crippen LogP contribution in [-0.4, -0.2) is 19.4 Å². The molecule has 0 bridgehead atoms. The number of nitrogens with two attached hydrogens (primary N) is 1. The Morgan fingerprint density at radius 2 is 2.56 bits per heavy atom. The zero-order valence-corrected chi connectivity index (χ0v) is 5.09. The van der Waals surface area contributed by atoms with Gasteiger partial charge in [-0.1, -0.05) is 0 Å². The summed E-state index contributed by atoms with van der Waals surface area (Å²) in [6.45, 7) is 1.58. The number of hydrogen-bond donors (Lipinski definition) is 2. The van der Waals surface area contributed by atoms with E-state index in [2.05, 4.69) is 5.23 Å². The number of rotatable bonds is 3. The number of nitrogens with zero attached hydrogens (tertiary/aromatic N) is 1. The molecule has 0 heterocycles. The van der Waals surface area contributed by atoms with Crippen LogP contribution < -0.4 is 11.0 Å². The fourth-order valence-electron chi connectivity index (χ4n) is 0.244. The van der Waals surface area contributed by atoms with Crippen LogP contribution in [0.25, 0.3) is 0 Å². The first kappa shape index (κ1) is 7.98. The van der Waals surface area contributed by atoms with Crippen molar-refractivity contribution < 1.29 is 4.79 Å². The van der Waals surface area contributed by atoms with Gasteiger partial charge in [-0.05, 0) is 6.92 Å². The van der Waals surface area contributed by atoms with Crippen molar-refractivity contribution in [3.63, 3.8) is 0 Å². The number of hydrogen-bond acceptors (Lipinski definition) is 3. The third-order valence-electron chi connectivity index (χ3n) is 0.825. The van der Waals surface area contributed by atoms with Gasteiger partial charge >= 0.3 is 0 Å². The van der Waals surface area contributed by atoms with Crippen LogP contribution in [0.15, 0.2) is 0 Å². The van der Waals surface area contributed by atoms with Gasteiger partial charge in [0.25, 0.3) is 0 Å². The summed E-state index contributed by atoms with van der Waals surface area (Å²) in [6.07, 6.45) is 0. The van der Waals surface area contributed by atoms with Gasteiger partial charge in [-0.2, -0.15) is 0 Å². The number of nitrogens with one attached hydrogen (secondary N) is 1. The van der Waals surface area contributed by atoms with Gasteiger partial charge in [-0.25, -0.2) is 5.97 Å². The normalized spacial score (nSPS) is 12.0. The van der Waals surface area contributed by atoms with E-state index in [4.69, 9.17) is 11.0 Å². The third-order valence-corrected chi connectivity index (χ3v) is 0.825. The van der Waals surface area contributed by atoms with E-state index in [1.807, 2.05) is 0 Å². The smallest absolute Gasteiger partial charge is 0.230 e. The highest BCUT2D eigenvalue weighted by Gasteiger charge is 1.98. The van der Waals surface area contributed by atoms with Crippen LogP contribution in [0.1, 0.15) is 6.92 Å². The minimum absolute atomic E-state index is 0.468. The molecular formula is C4H7BN3O-. The summed E-state index contributed by atoms with van der Waals surface area (Å²) < 4.78 is 0. The van der Waals surface area contributed by atoms with E-state index in [1.165, 1.54) is 0 Å². The molecule has 1 amide bonds. The molecule has 9 heavy (non-hydrogen) atoms. The van der Waals surface area contributed by atoms with Crippen molar-refractivity contribution in [1.82, 2.24) is 5.23 Å². The molecule has 0 unspecified atom stereocenters. The summed E-state index contributed by atoms with van der Waals surface area (Å²) in [5.41, 5.74) is 4.85. The number of nitriles is 1. The van der Waals surface area contributed by atoms with Gasteiger partial charge in [0.2, 0.25) is 5.91 Å². The second-order valence-electron chi connectivity index (χ2n) is 1.56. The molecule has 0 fully saturated rings. The zero-order chi connectivity index (χ0) is 7.28. The average Bonchev–Trinajstić information content (AvgIpc) is 1.82. The molecule has 2 radical (unpaired) electrons. The molecule has 0 saturated carbocycles. The minimum atomic E-state index is -0.471. The molecule has 1 atom stereocenters. The average molecular weight is 124 g/mol. The number of amides is 1. The molecule has 0 spiro atoms. The third kappa shape index (κ3) is 3.56. The Hall–Kier alpha value is -1.02. The van der Waals surface area contributed by atoms with Gasteiger partial charge in [0.05, 0.1) is 0 Å². The van der Waals surface area contributed by atoms with Crippen molar-refractivity contribution in [3.8, 4) is 5.97 Å². The van der Waals surface area contributed by atoms with Crippen molar-refractivity contribution >= 4 is 13.3 Å². The molecule has 0 aliphatic carbocycles. The largest absolute Gasteiger partial charge is 0.528 e. The zero-order valence-electron chi connectivity index (χ0n) is 5.09. The topological polar surface area (TPSA) is 78.9 Å². The highest BCUT2D eigenvalue weighted by molar-refractivity contribution is 6.42. The van der Waals surface area contributed by atoms with Crippen LogP contribution in [0.2, 0.25) is 0 Å². The van der Waals surface area contributed by atoms with E-state index in [0.29, 0.717) is 0 Å². The molecule has 0 aliphatic heterocycles. The second kappa shape index (κ2) is 3.92. The molecular weight excluding hydrogens is 117 g/mol. The number of carbonyl (C=O) groups is 1. The summed E-state index contributed by atoms with van der Waals surface area (Å²) in [5, 5.41) is 10.4. The predicted molar refractivity (Wildman–Crippen MR) is 33.2 cm³/mol. The first-order valence-electron chi connectivity index (χ1n) is 2.45. The molecule has 0 aromatic rings. The number of primary amides is 1. The fourth-order valence-corrected chi connectivity index (χ4v) is 0.244. The van der Waals surface area contributed by atoms with Crippen molar-refractivity contribution in [2.45, 2.75) is 13.0 Å². The van der Waals surface area contributed by atoms with E-state index in [0.717, 1.165) is 7.41 Å². The van der Waals surface area contributed by atoms with E-state index in [1.54, 1.807) is 12.9 Å². The lowest BCUT2D eigenvalue weighted by Crippen LogP contribution is -2.40. The standard InChI is InChI=1S/C4H7BN3O/c1-3(4(7)9)8-5-2-6/h3,8H,1H3,(H2,7,9)/q-1/t3-/m0/s1. The second-order valence-corrected chi connectivity index (χ2v) is 1.56. The van der Waals surface area contributed by atoms with Gasteiger partial charge in [0.15, 0.2) is 0 Å². The van der Waals surface area contributed by atoms with E-state index >= 15 is 0 Å². The Balaban J connectivity index is 3.41. The van der Waals surface area contributed by atoms with Crippen LogP contribution in [0, 0.1) is 11.2 Å². The summed E-state index contributed by atoms with van der Waals surface area (Å²) >= 11 is 0. The van der Waals surface area contributed by atoms with Gasteiger partial charge in [-0.15, -0.1) is 7.41 Å². The molecule has 0 aromatic heterocycles. The Labute approximate surface area is 54.3 Å². The maximum absolute atomic E-state index is 10.2. The molecule has 0 aromatic carbocycles. The molecule has 5 heteroatoms. The van der Waals surface area contributed by atoms with Crippen molar-refractivity contribution in [2.75, 3.05) is 0 Å².